The van der Waals surface area contributed by atoms with Crippen molar-refractivity contribution in [1.82, 2.24) is 4.98 Å². The lowest BCUT2D eigenvalue weighted by Gasteiger charge is -2.02. The normalized spacial score (nSPS) is 9.18. The fourth-order valence-corrected chi connectivity index (χ4v) is 0.662. The van der Waals surface area contributed by atoms with Crippen LogP contribution in [0.4, 0.5) is 5.82 Å². The van der Waals surface area contributed by atoms with E-state index in [1.54, 1.807) is 13.1 Å². The van der Waals surface area contributed by atoms with E-state index < -0.39 is 5.97 Å². The third-order valence-corrected chi connectivity index (χ3v) is 1.26. The molecule has 0 spiro atoms. The highest BCUT2D eigenvalue weighted by Crippen LogP contribution is 2.02. The molecule has 4 heteroatoms. The lowest BCUT2D eigenvalue weighted by atomic mass is 10.3. The average molecular weight is 151 g/mol. The molecule has 0 atom stereocenters. The highest BCUT2D eigenvalue weighted by Gasteiger charge is 1.92. The molecule has 58 valence electrons. The zero-order chi connectivity index (χ0) is 8.27. The lowest BCUT2D eigenvalue weighted by Crippen LogP contribution is -2.22. The zero-order valence-corrected chi connectivity index (χ0v) is 6.00. The molecule has 1 heterocycles. The van der Waals surface area contributed by atoms with E-state index in [4.69, 9.17) is 0 Å². The largest absolute Gasteiger partial charge is 0.545 e. The van der Waals surface area contributed by atoms with Gasteiger partial charge in [-0.05, 0) is 12.1 Å². The summed E-state index contributed by atoms with van der Waals surface area (Å²) in [5.41, 5.74) is 0.0870. The molecule has 4 nitrogen and oxygen atoms in total. The van der Waals surface area contributed by atoms with Crippen molar-refractivity contribution in [3.63, 3.8) is 0 Å². The van der Waals surface area contributed by atoms with Crippen LogP contribution < -0.4 is 10.4 Å². The number of carbonyl (C=O) groups is 1. The van der Waals surface area contributed by atoms with E-state index in [0.29, 0.717) is 5.82 Å². The monoisotopic (exact) mass is 151 g/mol. The molecule has 0 aliphatic heterocycles. The number of carboxylic acids is 1. The molecule has 1 rings (SSSR count). The molecule has 0 saturated heterocycles. The molecule has 11 heavy (non-hydrogen) atoms. The van der Waals surface area contributed by atoms with Crippen LogP contribution in [0.3, 0.4) is 0 Å². The third-order valence-electron chi connectivity index (χ3n) is 1.26. The van der Waals surface area contributed by atoms with E-state index in [1.807, 2.05) is 0 Å². The summed E-state index contributed by atoms with van der Waals surface area (Å²) >= 11 is 0. The number of rotatable bonds is 2. The van der Waals surface area contributed by atoms with E-state index in [2.05, 4.69) is 10.3 Å². The minimum atomic E-state index is -1.21. The summed E-state index contributed by atoms with van der Waals surface area (Å²) in [6.45, 7) is 0. The predicted octanol–water partition coefficient (Wildman–Crippen LogP) is -0.513. The van der Waals surface area contributed by atoms with Crippen LogP contribution in [-0.2, 0) is 0 Å². The van der Waals surface area contributed by atoms with Crippen LogP contribution >= 0.6 is 0 Å². The Morgan fingerprint density at radius 1 is 1.64 bits per heavy atom. The Hall–Kier alpha value is -1.58. The van der Waals surface area contributed by atoms with Gasteiger partial charge in [-0.2, -0.15) is 0 Å². The predicted molar refractivity (Wildman–Crippen MR) is 38.1 cm³/mol. The van der Waals surface area contributed by atoms with Gasteiger partial charge >= 0.3 is 0 Å². The number of anilines is 1. The van der Waals surface area contributed by atoms with E-state index in [-0.39, 0.29) is 5.56 Å². The summed E-state index contributed by atoms with van der Waals surface area (Å²) in [5, 5.41) is 13.0. The molecule has 0 aliphatic carbocycles. The number of carboxylic acid groups (broad SMARTS) is 1. The number of aromatic nitrogens is 1. The Morgan fingerprint density at radius 2 is 2.36 bits per heavy atom. The van der Waals surface area contributed by atoms with Crippen LogP contribution in [0.1, 0.15) is 10.4 Å². The second-order valence-electron chi connectivity index (χ2n) is 1.97. The van der Waals surface area contributed by atoms with Gasteiger partial charge in [-0.1, -0.05) is 0 Å². The van der Waals surface area contributed by atoms with Gasteiger partial charge in [0.25, 0.3) is 0 Å². The average Bonchev–Trinajstić information content (AvgIpc) is 2.05. The molecular weight excluding hydrogens is 144 g/mol. The quantitative estimate of drug-likeness (QED) is 0.618. The minimum absolute atomic E-state index is 0.0870. The van der Waals surface area contributed by atoms with Gasteiger partial charge in [0.05, 0.1) is 5.97 Å². The van der Waals surface area contributed by atoms with Crippen molar-refractivity contribution in [3.8, 4) is 0 Å². The van der Waals surface area contributed by atoms with E-state index >= 15 is 0 Å². The lowest BCUT2D eigenvalue weighted by molar-refractivity contribution is -0.255. The first-order valence-corrected chi connectivity index (χ1v) is 3.09. The van der Waals surface area contributed by atoms with E-state index in [1.165, 1.54) is 12.3 Å². The first-order chi connectivity index (χ1) is 5.24. The Morgan fingerprint density at radius 3 is 2.73 bits per heavy atom. The van der Waals surface area contributed by atoms with Gasteiger partial charge in [0.2, 0.25) is 0 Å². The van der Waals surface area contributed by atoms with Crippen LogP contribution in [0, 0.1) is 0 Å². The maximum atomic E-state index is 10.2. The van der Waals surface area contributed by atoms with Crippen LogP contribution in [-0.4, -0.2) is 18.0 Å². The number of hydrogen-bond acceptors (Lipinski definition) is 4. The SMILES string of the molecule is CNc1ccc(C(=O)[O-])cn1. The summed E-state index contributed by atoms with van der Waals surface area (Å²) in [6.07, 6.45) is 1.25. The molecule has 0 aliphatic rings. The molecular formula is C7H7N2O2-. The van der Waals surface area contributed by atoms with Crippen LogP contribution in [0.2, 0.25) is 0 Å². The fourth-order valence-electron chi connectivity index (χ4n) is 0.662. The van der Waals surface area contributed by atoms with Gasteiger partial charge in [0, 0.05) is 18.8 Å². The molecule has 0 amide bonds. The molecule has 0 aromatic carbocycles. The first kappa shape index (κ1) is 7.53. The van der Waals surface area contributed by atoms with Crippen molar-refractivity contribution in [1.29, 1.82) is 0 Å². The zero-order valence-electron chi connectivity index (χ0n) is 6.00. The number of nitrogens with zero attached hydrogens (tertiary/aromatic N) is 1. The van der Waals surface area contributed by atoms with Crippen molar-refractivity contribution >= 4 is 11.8 Å². The summed E-state index contributed by atoms with van der Waals surface area (Å²) in [7, 11) is 1.71. The Balaban J connectivity index is 2.91. The maximum absolute atomic E-state index is 10.2. The van der Waals surface area contributed by atoms with Gasteiger partial charge in [-0.15, -0.1) is 0 Å². The summed E-state index contributed by atoms with van der Waals surface area (Å²) < 4.78 is 0. The molecule has 1 aromatic rings. The van der Waals surface area contributed by atoms with Gasteiger partial charge in [0.1, 0.15) is 5.82 Å². The number of hydrogen-bond donors (Lipinski definition) is 1. The molecule has 0 saturated carbocycles. The topological polar surface area (TPSA) is 65.0 Å². The first-order valence-electron chi connectivity index (χ1n) is 3.09. The highest BCUT2D eigenvalue weighted by atomic mass is 16.4. The highest BCUT2D eigenvalue weighted by molar-refractivity contribution is 5.85. The maximum Gasteiger partial charge on any atom is 0.125 e. The Labute approximate surface area is 63.9 Å². The molecule has 0 fully saturated rings. The molecule has 0 radical (unpaired) electrons. The second kappa shape index (κ2) is 3.01. The summed E-state index contributed by atoms with van der Waals surface area (Å²) in [6, 6.07) is 3.01. The number of aromatic carboxylic acids is 1. The van der Waals surface area contributed by atoms with E-state index in [9.17, 15) is 9.90 Å². The Bertz CT molecular complexity index is 256. The van der Waals surface area contributed by atoms with Crippen LogP contribution in [0.5, 0.6) is 0 Å². The van der Waals surface area contributed by atoms with Gasteiger partial charge < -0.3 is 15.2 Å². The van der Waals surface area contributed by atoms with Crippen LogP contribution in [0.25, 0.3) is 0 Å². The van der Waals surface area contributed by atoms with Crippen molar-refractivity contribution < 1.29 is 9.90 Å². The third kappa shape index (κ3) is 1.67. The summed E-state index contributed by atoms with van der Waals surface area (Å²) in [5.74, 6) is -0.574. The fraction of sp³-hybridized carbons (Fsp3) is 0.143. The van der Waals surface area contributed by atoms with Gasteiger partial charge in [0.15, 0.2) is 0 Å². The number of carbonyl (C=O) groups excluding carboxylic acids is 1. The van der Waals surface area contributed by atoms with Gasteiger partial charge in [-0.25, -0.2) is 4.98 Å². The summed E-state index contributed by atoms with van der Waals surface area (Å²) in [4.78, 5) is 14.0. The standard InChI is InChI=1S/C7H8N2O2/c1-8-6-3-2-5(4-9-6)7(10)11/h2-4H,1H3,(H,8,9)(H,10,11)/p-1. The van der Waals surface area contributed by atoms with E-state index in [0.717, 1.165) is 0 Å². The number of pyridine rings is 1. The van der Waals surface area contributed by atoms with Crippen LogP contribution in [0.15, 0.2) is 18.3 Å². The minimum Gasteiger partial charge on any atom is -0.545 e. The Kier molecular flexibility index (Phi) is 2.06. The van der Waals surface area contributed by atoms with Crippen molar-refractivity contribution in [2.45, 2.75) is 0 Å². The molecule has 0 bridgehead atoms. The van der Waals surface area contributed by atoms with Crippen molar-refractivity contribution in [2.75, 3.05) is 12.4 Å². The second-order valence-corrected chi connectivity index (χ2v) is 1.97. The van der Waals surface area contributed by atoms with Crippen molar-refractivity contribution in [2.24, 2.45) is 0 Å². The number of nitrogens with one attached hydrogen (secondary N) is 1. The molecule has 1 aromatic heterocycles. The smallest absolute Gasteiger partial charge is 0.125 e. The van der Waals surface area contributed by atoms with Crippen molar-refractivity contribution in [3.05, 3.63) is 23.9 Å². The van der Waals surface area contributed by atoms with Gasteiger partial charge in [-0.3, -0.25) is 0 Å². The molecule has 1 N–H and O–H groups in total. The molecule has 0 unspecified atom stereocenters.